The number of hydrogen-bond acceptors (Lipinski definition) is 4. The number of nitrogens with one attached hydrogen (secondary N) is 1. The minimum Gasteiger partial charge on any atom is -0.473 e. The van der Waals surface area contributed by atoms with E-state index in [0.717, 1.165) is 0 Å². The van der Waals surface area contributed by atoms with Crippen molar-refractivity contribution in [3.8, 4) is 5.88 Å². The van der Waals surface area contributed by atoms with E-state index in [0.29, 0.717) is 5.92 Å². The van der Waals surface area contributed by atoms with Crippen molar-refractivity contribution in [1.29, 1.82) is 0 Å². The minimum absolute atomic E-state index is 0.0217. The van der Waals surface area contributed by atoms with Crippen molar-refractivity contribution in [2.75, 3.05) is 5.73 Å². The van der Waals surface area contributed by atoms with Gasteiger partial charge in [-0.3, -0.25) is 4.79 Å². The topological polar surface area (TPSA) is 81.0 Å². The lowest BCUT2D eigenvalue weighted by atomic mass is 10.1. The first-order valence-corrected chi connectivity index (χ1v) is 4.52. The Balaban J connectivity index is 2.87. The third kappa shape index (κ3) is 2.25. The maximum Gasteiger partial charge on any atom is 0.277 e. The van der Waals surface area contributed by atoms with Gasteiger partial charge in [-0.15, -0.1) is 0 Å². The third-order valence-electron chi connectivity index (χ3n) is 2.09. The molecular formula is C9H15N3O2. The second-order valence-corrected chi connectivity index (χ2v) is 3.52. The molecule has 1 heterocycles. The summed E-state index contributed by atoms with van der Waals surface area (Å²) in [6.45, 7) is 5.95. The van der Waals surface area contributed by atoms with Crippen LogP contribution in [0.5, 0.6) is 5.88 Å². The summed E-state index contributed by atoms with van der Waals surface area (Å²) in [5.41, 5.74) is 5.16. The summed E-state index contributed by atoms with van der Waals surface area (Å²) in [4.78, 5) is 17.3. The zero-order valence-electron chi connectivity index (χ0n) is 8.57. The molecule has 0 bridgehead atoms. The third-order valence-corrected chi connectivity index (χ3v) is 2.09. The van der Waals surface area contributed by atoms with Crippen LogP contribution < -0.4 is 16.0 Å². The molecule has 3 N–H and O–H groups in total. The Bertz CT molecular complexity index is 359. The Morgan fingerprint density at radius 2 is 2.14 bits per heavy atom. The number of H-pyrrole nitrogens is 1. The van der Waals surface area contributed by atoms with Crippen molar-refractivity contribution in [2.24, 2.45) is 5.92 Å². The van der Waals surface area contributed by atoms with Crippen LogP contribution in [0.1, 0.15) is 20.8 Å². The van der Waals surface area contributed by atoms with E-state index in [1.54, 1.807) is 0 Å². The highest BCUT2D eigenvalue weighted by Gasteiger charge is 2.12. The van der Waals surface area contributed by atoms with Crippen LogP contribution in [0.3, 0.4) is 0 Å². The number of ether oxygens (including phenoxy) is 1. The van der Waals surface area contributed by atoms with Gasteiger partial charge in [0.05, 0.1) is 6.33 Å². The van der Waals surface area contributed by atoms with Crippen LogP contribution in [0.25, 0.3) is 0 Å². The van der Waals surface area contributed by atoms with Crippen molar-refractivity contribution in [3.05, 3.63) is 16.7 Å². The van der Waals surface area contributed by atoms with Gasteiger partial charge in [-0.1, -0.05) is 13.8 Å². The molecule has 14 heavy (non-hydrogen) atoms. The van der Waals surface area contributed by atoms with Crippen LogP contribution in [-0.2, 0) is 0 Å². The Hall–Kier alpha value is -1.52. The van der Waals surface area contributed by atoms with Gasteiger partial charge in [0.1, 0.15) is 6.10 Å². The monoisotopic (exact) mass is 197 g/mol. The first-order chi connectivity index (χ1) is 6.52. The van der Waals surface area contributed by atoms with E-state index in [1.807, 2.05) is 20.8 Å². The Labute approximate surface area is 82.3 Å². The van der Waals surface area contributed by atoms with Gasteiger partial charge >= 0.3 is 0 Å². The lowest BCUT2D eigenvalue weighted by Gasteiger charge is -2.17. The molecule has 0 aromatic carbocycles. The van der Waals surface area contributed by atoms with Crippen molar-refractivity contribution in [3.63, 3.8) is 0 Å². The number of aromatic amines is 1. The highest BCUT2D eigenvalue weighted by atomic mass is 16.5. The molecule has 1 unspecified atom stereocenters. The van der Waals surface area contributed by atoms with Gasteiger partial charge in [0.25, 0.3) is 5.56 Å². The lowest BCUT2D eigenvalue weighted by Crippen LogP contribution is -2.22. The highest BCUT2D eigenvalue weighted by molar-refractivity contribution is 5.44. The molecule has 5 nitrogen and oxygen atoms in total. The summed E-state index contributed by atoms with van der Waals surface area (Å²) in [6, 6.07) is 0. The summed E-state index contributed by atoms with van der Waals surface area (Å²) in [5, 5.41) is 0. The molecule has 0 saturated heterocycles. The molecule has 0 aliphatic rings. The van der Waals surface area contributed by atoms with Gasteiger partial charge in [-0.25, -0.2) is 4.98 Å². The predicted molar refractivity (Wildman–Crippen MR) is 54.2 cm³/mol. The van der Waals surface area contributed by atoms with Crippen molar-refractivity contribution < 1.29 is 4.74 Å². The van der Waals surface area contributed by atoms with E-state index < -0.39 is 0 Å². The molecule has 1 aromatic rings. The highest BCUT2D eigenvalue weighted by Crippen LogP contribution is 2.15. The molecule has 1 rings (SSSR count). The summed E-state index contributed by atoms with van der Waals surface area (Å²) in [5.74, 6) is 0.547. The zero-order valence-corrected chi connectivity index (χ0v) is 8.57. The fraction of sp³-hybridized carbons (Fsp3) is 0.556. The standard InChI is InChI=1S/C9H15N3O2/c1-5(2)6(3)14-9-7(10)8(13)11-4-12-9/h4-6H,10H2,1-3H3,(H,11,12,13). The number of aromatic nitrogens is 2. The van der Waals surface area contributed by atoms with Gasteiger partial charge in [-0.05, 0) is 12.8 Å². The van der Waals surface area contributed by atoms with Gasteiger partial charge < -0.3 is 15.5 Å². The molecule has 0 saturated carbocycles. The normalized spacial score (nSPS) is 12.9. The van der Waals surface area contributed by atoms with Crippen molar-refractivity contribution in [1.82, 2.24) is 9.97 Å². The van der Waals surface area contributed by atoms with Crippen LogP contribution in [0.2, 0.25) is 0 Å². The van der Waals surface area contributed by atoms with E-state index in [4.69, 9.17) is 10.5 Å². The fourth-order valence-electron chi connectivity index (χ4n) is 0.800. The minimum atomic E-state index is -0.369. The van der Waals surface area contributed by atoms with Gasteiger partial charge in [-0.2, -0.15) is 0 Å². The number of nitrogens with two attached hydrogens (primary N) is 1. The first kappa shape index (κ1) is 10.6. The maximum atomic E-state index is 11.1. The SMILES string of the molecule is CC(C)C(C)Oc1nc[nH]c(=O)c1N. The average molecular weight is 197 g/mol. The summed E-state index contributed by atoms with van der Waals surface area (Å²) >= 11 is 0. The van der Waals surface area contributed by atoms with Crippen LogP contribution in [-0.4, -0.2) is 16.1 Å². The molecule has 0 fully saturated rings. The van der Waals surface area contributed by atoms with Crippen LogP contribution >= 0.6 is 0 Å². The first-order valence-electron chi connectivity index (χ1n) is 4.52. The Morgan fingerprint density at radius 3 is 2.71 bits per heavy atom. The van der Waals surface area contributed by atoms with Gasteiger partial charge in [0.2, 0.25) is 5.88 Å². The van der Waals surface area contributed by atoms with Gasteiger partial charge in [0.15, 0.2) is 5.69 Å². The predicted octanol–water partition coefficient (Wildman–Crippen LogP) is 0.775. The van der Waals surface area contributed by atoms with E-state index in [2.05, 4.69) is 9.97 Å². The molecule has 0 amide bonds. The molecule has 78 valence electrons. The maximum absolute atomic E-state index is 11.1. The van der Waals surface area contributed by atoms with E-state index in [9.17, 15) is 4.79 Å². The molecule has 0 aliphatic heterocycles. The molecule has 0 aliphatic carbocycles. The molecule has 1 aromatic heterocycles. The van der Waals surface area contributed by atoms with Crippen LogP contribution in [0.4, 0.5) is 5.69 Å². The number of rotatable bonds is 3. The Kier molecular flexibility index (Phi) is 3.11. The second kappa shape index (κ2) is 4.13. The van der Waals surface area contributed by atoms with Crippen LogP contribution in [0, 0.1) is 5.92 Å². The smallest absolute Gasteiger partial charge is 0.277 e. The largest absolute Gasteiger partial charge is 0.473 e. The van der Waals surface area contributed by atoms with E-state index >= 15 is 0 Å². The summed E-state index contributed by atoms with van der Waals surface area (Å²) < 4.78 is 5.43. The number of hydrogen-bond donors (Lipinski definition) is 2. The number of anilines is 1. The average Bonchev–Trinajstić information content (AvgIpc) is 2.12. The van der Waals surface area contributed by atoms with Gasteiger partial charge in [0, 0.05) is 0 Å². The second-order valence-electron chi connectivity index (χ2n) is 3.52. The quantitative estimate of drug-likeness (QED) is 0.750. The number of nitrogens with zero attached hydrogens (tertiary/aromatic N) is 1. The van der Waals surface area contributed by atoms with Crippen molar-refractivity contribution in [2.45, 2.75) is 26.9 Å². The number of nitrogen functional groups attached to an aromatic ring is 1. The van der Waals surface area contributed by atoms with E-state index in [1.165, 1.54) is 6.33 Å². The fourth-order valence-corrected chi connectivity index (χ4v) is 0.800. The summed E-state index contributed by atoms with van der Waals surface area (Å²) in [6.07, 6.45) is 1.26. The zero-order chi connectivity index (χ0) is 10.7. The van der Waals surface area contributed by atoms with Crippen LogP contribution in [0.15, 0.2) is 11.1 Å². The molecule has 1 atom stereocenters. The molecule has 0 spiro atoms. The molecule has 0 radical (unpaired) electrons. The molecule has 5 heteroatoms. The lowest BCUT2D eigenvalue weighted by molar-refractivity contribution is 0.164. The van der Waals surface area contributed by atoms with Crippen molar-refractivity contribution >= 4 is 5.69 Å². The summed E-state index contributed by atoms with van der Waals surface area (Å²) in [7, 11) is 0. The Morgan fingerprint density at radius 1 is 1.50 bits per heavy atom. The molecular weight excluding hydrogens is 182 g/mol. The van der Waals surface area contributed by atoms with E-state index in [-0.39, 0.29) is 23.2 Å².